The van der Waals surface area contributed by atoms with E-state index in [9.17, 15) is 9.59 Å². The molecule has 0 radical (unpaired) electrons. The van der Waals surface area contributed by atoms with E-state index in [2.05, 4.69) is 5.32 Å². The first-order chi connectivity index (χ1) is 11.1. The van der Waals surface area contributed by atoms with Gasteiger partial charge in [0.05, 0.1) is 18.6 Å². The molecular weight excluding hydrogens is 310 g/mol. The molecule has 2 N–H and O–H groups in total. The van der Waals surface area contributed by atoms with Gasteiger partial charge in [0, 0.05) is 0 Å². The maximum absolute atomic E-state index is 12.2. The summed E-state index contributed by atoms with van der Waals surface area (Å²) in [6.45, 7) is 7.20. The number of aliphatic carboxylic acids is 1. The van der Waals surface area contributed by atoms with Crippen molar-refractivity contribution in [3.8, 4) is 0 Å². The monoisotopic (exact) mass is 335 g/mol. The third-order valence-electron chi connectivity index (χ3n) is 4.00. The number of ether oxygens (including phenoxy) is 2. The van der Waals surface area contributed by atoms with Gasteiger partial charge in [-0.3, -0.25) is 4.79 Å². The SMILES string of the molecule is CC(C)(C)OC(=O)N[C@@H](Cc1ccccc1)C1(C)OC1CC(=O)O. The molecule has 132 valence electrons. The Balaban J connectivity index is 2.10. The maximum atomic E-state index is 12.2. The highest BCUT2D eigenvalue weighted by atomic mass is 16.6. The summed E-state index contributed by atoms with van der Waals surface area (Å²) in [6.07, 6.45) is -0.502. The smallest absolute Gasteiger partial charge is 0.407 e. The number of rotatable bonds is 6. The van der Waals surface area contributed by atoms with Crippen LogP contribution in [0.3, 0.4) is 0 Å². The van der Waals surface area contributed by atoms with Gasteiger partial charge >= 0.3 is 12.1 Å². The van der Waals surface area contributed by atoms with E-state index in [1.54, 1.807) is 20.8 Å². The zero-order valence-electron chi connectivity index (χ0n) is 14.5. The molecule has 1 aromatic rings. The van der Waals surface area contributed by atoms with E-state index in [-0.39, 0.29) is 12.5 Å². The summed E-state index contributed by atoms with van der Waals surface area (Å²) in [5.74, 6) is -0.917. The van der Waals surface area contributed by atoms with Crippen LogP contribution in [0.25, 0.3) is 0 Å². The van der Waals surface area contributed by atoms with Gasteiger partial charge in [0.25, 0.3) is 0 Å². The molecule has 6 heteroatoms. The predicted molar refractivity (Wildman–Crippen MR) is 88.8 cm³/mol. The van der Waals surface area contributed by atoms with E-state index in [1.807, 2.05) is 37.3 Å². The van der Waals surface area contributed by atoms with E-state index in [0.717, 1.165) is 5.56 Å². The first kappa shape index (κ1) is 18.3. The highest BCUT2D eigenvalue weighted by molar-refractivity contribution is 5.70. The van der Waals surface area contributed by atoms with Crippen LogP contribution in [0.1, 0.15) is 39.7 Å². The van der Waals surface area contributed by atoms with Crippen LogP contribution in [0.2, 0.25) is 0 Å². The highest BCUT2D eigenvalue weighted by Gasteiger charge is 2.58. The van der Waals surface area contributed by atoms with E-state index in [0.29, 0.717) is 6.42 Å². The van der Waals surface area contributed by atoms with Gasteiger partial charge in [0.2, 0.25) is 0 Å². The fraction of sp³-hybridized carbons (Fsp3) is 0.556. The van der Waals surface area contributed by atoms with Crippen LogP contribution >= 0.6 is 0 Å². The first-order valence-corrected chi connectivity index (χ1v) is 8.03. The minimum Gasteiger partial charge on any atom is -0.481 e. The molecule has 0 saturated carbocycles. The molecule has 2 rings (SSSR count). The number of carboxylic acid groups (broad SMARTS) is 1. The Morgan fingerprint density at radius 3 is 2.50 bits per heavy atom. The largest absolute Gasteiger partial charge is 0.481 e. The van der Waals surface area contributed by atoms with Crippen LogP contribution in [0.4, 0.5) is 4.79 Å². The summed E-state index contributed by atoms with van der Waals surface area (Å²) in [4.78, 5) is 23.1. The van der Waals surface area contributed by atoms with E-state index in [1.165, 1.54) is 0 Å². The Morgan fingerprint density at radius 2 is 1.96 bits per heavy atom. The van der Waals surface area contributed by atoms with Gasteiger partial charge in [0.1, 0.15) is 11.2 Å². The molecule has 24 heavy (non-hydrogen) atoms. The van der Waals surface area contributed by atoms with Gasteiger partial charge in [0.15, 0.2) is 0 Å². The highest BCUT2D eigenvalue weighted by Crippen LogP contribution is 2.42. The molecule has 1 heterocycles. The Kier molecular flexibility index (Phi) is 5.18. The summed E-state index contributed by atoms with van der Waals surface area (Å²) >= 11 is 0. The molecule has 1 aliphatic heterocycles. The van der Waals surface area contributed by atoms with Crippen molar-refractivity contribution in [2.75, 3.05) is 0 Å². The molecule has 1 saturated heterocycles. The van der Waals surface area contributed by atoms with E-state index < -0.39 is 29.4 Å². The number of carboxylic acids is 1. The van der Waals surface area contributed by atoms with Crippen LogP contribution in [-0.4, -0.2) is 40.5 Å². The van der Waals surface area contributed by atoms with Crippen LogP contribution < -0.4 is 5.32 Å². The lowest BCUT2D eigenvalue weighted by molar-refractivity contribution is -0.137. The summed E-state index contributed by atoms with van der Waals surface area (Å²) in [5, 5.41) is 11.8. The summed E-state index contributed by atoms with van der Waals surface area (Å²) in [5.41, 5.74) is -0.289. The van der Waals surface area contributed by atoms with Crippen LogP contribution in [0, 0.1) is 0 Å². The molecule has 1 amide bonds. The fourth-order valence-corrected chi connectivity index (χ4v) is 2.68. The lowest BCUT2D eigenvalue weighted by atomic mass is 9.91. The molecule has 2 unspecified atom stereocenters. The summed E-state index contributed by atoms with van der Waals surface area (Å²) in [7, 11) is 0. The Morgan fingerprint density at radius 1 is 1.33 bits per heavy atom. The van der Waals surface area contributed by atoms with Crippen LogP contribution in [0.5, 0.6) is 0 Å². The third-order valence-corrected chi connectivity index (χ3v) is 4.00. The normalized spacial score (nSPS) is 24.1. The molecule has 1 aliphatic rings. The topological polar surface area (TPSA) is 88.2 Å². The maximum Gasteiger partial charge on any atom is 0.407 e. The van der Waals surface area contributed by atoms with Gasteiger partial charge in [-0.15, -0.1) is 0 Å². The second-order valence-electron chi connectivity index (χ2n) is 7.28. The van der Waals surface area contributed by atoms with Gasteiger partial charge in [-0.25, -0.2) is 4.79 Å². The number of benzene rings is 1. The number of hydrogen-bond acceptors (Lipinski definition) is 4. The predicted octanol–water partition coefficient (Wildman–Crippen LogP) is 2.75. The zero-order valence-corrected chi connectivity index (χ0v) is 14.5. The number of amides is 1. The van der Waals surface area contributed by atoms with Gasteiger partial charge in [-0.1, -0.05) is 30.3 Å². The lowest BCUT2D eigenvalue weighted by Gasteiger charge is -2.26. The van der Waals surface area contributed by atoms with Gasteiger partial charge in [-0.05, 0) is 39.7 Å². The van der Waals surface area contributed by atoms with Crippen molar-refractivity contribution < 1.29 is 24.2 Å². The lowest BCUT2D eigenvalue weighted by Crippen LogP contribution is -2.48. The molecule has 1 fully saturated rings. The molecule has 0 bridgehead atoms. The Labute approximate surface area is 142 Å². The first-order valence-electron chi connectivity index (χ1n) is 8.03. The third kappa shape index (κ3) is 4.96. The van der Waals surface area contributed by atoms with Crippen molar-refractivity contribution in [2.45, 2.75) is 63.9 Å². The second-order valence-corrected chi connectivity index (χ2v) is 7.28. The van der Waals surface area contributed by atoms with Crippen molar-refractivity contribution in [2.24, 2.45) is 0 Å². The minimum atomic E-state index is -0.917. The van der Waals surface area contributed by atoms with Crippen molar-refractivity contribution in [3.05, 3.63) is 35.9 Å². The number of epoxide rings is 1. The Bertz CT molecular complexity index is 595. The molecule has 6 nitrogen and oxygen atoms in total. The minimum absolute atomic E-state index is 0.0855. The Hall–Kier alpha value is -2.08. The van der Waals surface area contributed by atoms with E-state index >= 15 is 0 Å². The van der Waals surface area contributed by atoms with Crippen molar-refractivity contribution in [3.63, 3.8) is 0 Å². The summed E-state index contributed by atoms with van der Waals surface area (Å²) in [6, 6.07) is 9.31. The van der Waals surface area contributed by atoms with Crippen molar-refractivity contribution >= 4 is 12.1 Å². The molecule has 0 spiro atoms. The van der Waals surface area contributed by atoms with Gasteiger partial charge in [-0.2, -0.15) is 0 Å². The number of alkyl carbamates (subject to hydrolysis) is 1. The average Bonchev–Trinajstić information content (AvgIpc) is 3.07. The van der Waals surface area contributed by atoms with Crippen LogP contribution in [0.15, 0.2) is 30.3 Å². The van der Waals surface area contributed by atoms with Crippen LogP contribution in [-0.2, 0) is 20.7 Å². The zero-order chi connectivity index (χ0) is 18.0. The molecule has 1 aromatic carbocycles. The van der Waals surface area contributed by atoms with Crippen molar-refractivity contribution in [1.29, 1.82) is 0 Å². The number of carbonyl (C=O) groups is 2. The quantitative estimate of drug-likeness (QED) is 0.781. The second kappa shape index (κ2) is 6.81. The molecule has 0 aliphatic carbocycles. The molecule has 3 atom stereocenters. The number of nitrogens with one attached hydrogen (secondary N) is 1. The summed E-state index contributed by atoms with van der Waals surface area (Å²) < 4.78 is 11.0. The van der Waals surface area contributed by atoms with Gasteiger partial charge < -0.3 is 19.9 Å². The van der Waals surface area contributed by atoms with Crippen molar-refractivity contribution in [1.82, 2.24) is 5.32 Å². The average molecular weight is 335 g/mol. The number of carbonyl (C=O) groups excluding carboxylic acids is 1. The molecule has 0 aromatic heterocycles. The standard InChI is InChI=1S/C18H25NO5/c1-17(2,3)24-16(22)19-13(10-12-8-6-5-7-9-12)18(4)14(23-18)11-15(20)21/h5-9,13-14H,10-11H2,1-4H3,(H,19,22)(H,20,21)/t13-,14?,18?/m0/s1. The van der Waals surface area contributed by atoms with E-state index in [4.69, 9.17) is 14.6 Å². The fourth-order valence-electron chi connectivity index (χ4n) is 2.68. The molecular formula is C18H25NO5. The number of hydrogen-bond donors (Lipinski definition) is 2.